The van der Waals surface area contributed by atoms with Crippen molar-refractivity contribution in [2.45, 2.75) is 19.8 Å². The second kappa shape index (κ2) is 7.25. The number of hydroxylamine groups is 1. The summed E-state index contributed by atoms with van der Waals surface area (Å²) in [6.07, 6.45) is 7.38. The van der Waals surface area contributed by atoms with E-state index in [9.17, 15) is 4.79 Å². The van der Waals surface area contributed by atoms with Gasteiger partial charge in [0, 0.05) is 30.9 Å². The van der Waals surface area contributed by atoms with Crippen LogP contribution in [0.3, 0.4) is 0 Å². The van der Waals surface area contributed by atoms with Crippen LogP contribution >= 0.6 is 0 Å². The van der Waals surface area contributed by atoms with Gasteiger partial charge in [-0.15, -0.1) is 0 Å². The van der Waals surface area contributed by atoms with Crippen molar-refractivity contribution in [2.24, 2.45) is 0 Å². The van der Waals surface area contributed by atoms with E-state index >= 15 is 0 Å². The molecule has 2 aromatic heterocycles. The molecule has 1 aliphatic heterocycles. The summed E-state index contributed by atoms with van der Waals surface area (Å²) in [6.45, 7) is 4.07. The Balaban J connectivity index is 1.89. The molecule has 0 atom stereocenters. The van der Waals surface area contributed by atoms with E-state index in [1.54, 1.807) is 11.6 Å². The maximum absolute atomic E-state index is 11.3. The van der Waals surface area contributed by atoms with E-state index in [0.29, 0.717) is 0 Å². The van der Waals surface area contributed by atoms with Gasteiger partial charge in [0.1, 0.15) is 17.2 Å². The highest BCUT2D eigenvalue weighted by molar-refractivity contribution is 5.91. The second-order valence-electron chi connectivity index (χ2n) is 6.74. The number of benzene rings is 1. The van der Waals surface area contributed by atoms with Gasteiger partial charge < -0.3 is 4.90 Å². The van der Waals surface area contributed by atoms with Crippen molar-refractivity contribution in [3.63, 3.8) is 0 Å². The Morgan fingerprint density at radius 2 is 1.93 bits per heavy atom. The number of nitrogens with one attached hydrogen (secondary N) is 1. The topological polar surface area (TPSA) is 69.9 Å². The van der Waals surface area contributed by atoms with Gasteiger partial charge in [-0.25, -0.2) is 10.5 Å². The lowest BCUT2D eigenvalue weighted by molar-refractivity contribution is -0.124. The molecule has 1 fully saturated rings. The maximum Gasteiger partial charge on any atom is 0.267 e. The molecule has 0 unspecified atom stereocenters. The first-order valence-corrected chi connectivity index (χ1v) is 9.13. The highest BCUT2D eigenvalue weighted by Crippen LogP contribution is 2.35. The van der Waals surface area contributed by atoms with Crippen LogP contribution in [0.15, 0.2) is 48.7 Å². The zero-order valence-electron chi connectivity index (χ0n) is 15.2. The molecule has 3 heterocycles. The highest BCUT2D eigenvalue weighted by Gasteiger charge is 2.23. The fraction of sp³-hybridized carbons (Fsp3) is 0.238. The molecule has 0 aliphatic carbocycles. The number of pyridine rings is 1. The first-order chi connectivity index (χ1) is 13.2. The molecule has 1 amide bonds. The lowest BCUT2D eigenvalue weighted by Crippen LogP contribution is -2.20. The van der Waals surface area contributed by atoms with Gasteiger partial charge in [0.25, 0.3) is 5.91 Å². The molecule has 6 nitrogen and oxygen atoms in total. The van der Waals surface area contributed by atoms with Crippen LogP contribution < -0.4 is 10.4 Å². The third-order valence-corrected chi connectivity index (χ3v) is 5.03. The summed E-state index contributed by atoms with van der Waals surface area (Å²) in [6, 6.07) is 12.2. The number of aromatic nitrogens is 2. The molecule has 6 heteroatoms. The molecule has 2 N–H and O–H groups in total. The monoisotopic (exact) mass is 362 g/mol. The molecular formula is C21H22N4O2. The first-order valence-electron chi connectivity index (χ1n) is 9.13. The summed E-state index contributed by atoms with van der Waals surface area (Å²) in [7, 11) is 0. The third kappa shape index (κ3) is 3.19. The lowest BCUT2D eigenvalue weighted by Gasteiger charge is -2.19. The van der Waals surface area contributed by atoms with Gasteiger partial charge in [0.05, 0.1) is 0 Å². The zero-order chi connectivity index (χ0) is 18.8. The van der Waals surface area contributed by atoms with E-state index in [1.165, 1.54) is 18.9 Å². The van der Waals surface area contributed by atoms with E-state index in [0.717, 1.165) is 46.9 Å². The molecule has 1 aromatic carbocycles. The summed E-state index contributed by atoms with van der Waals surface area (Å²) >= 11 is 0. The Morgan fingerprint density at radius 3 is 2.63 bits per heavy atom. The minimum Gasteiger partial charge on any atom is -0.356 e. The van der Waals surface area contributed by atoms with E-state index in [2.05, 4.69) is 21.4 Å². The van der Waals surface area contributed by atoms with Crippen molar-refractivity contribution in [3.05, 3.63) is 59.8 Å². The molecule has 0 bridgehead atoms. The van der Waals surface area contributed by atoms with Crippen molar-refractivity contribution in [1.82, 2.24) is 14.9 Å². The van der Waals surface area contributed by atoms with E-state index in [4.69, 9.17) is 10.2 Å². The highest BCUT2D eigenvalue weighted by atomic mass is 16.5. The minimum absolute atomic E-state index is 0.555. The number of fused-ring (bicyclic) bond motifs is 1. The number of imidazole rings is 1. The average molecular weight is 362 g/mol. The molecule has 1 saturated heterocycles. The van der Waals surface area contributed by atoms with Crippen LogP contribution in [0.2, 0.25) is 0 Å². The number of nitrogens with zero attached hydrogens (tertiary/aromatic N) is 3. The number of carbonyl (C=O) groups excluding carboxylic acids is 1. The summed E-state index contributed by atoms with van der Waals surface area (Å²) < 4.78 is 2.15. The molecular weight excluding hydrogens is 340 g/mol. The Labute approximate surface area is 157 Å². The third-order valence-electron chi connectivity index (χ3n) is 5.03. The lowest BCUT2D eigenvalue weighted by atomic mass is 10.1. The van der Waals surface area contributed by atoms with Gasteiger partial charge in [-0.3, -0.25) is 14.4 Å². The predicted octanol–water partition coefficient (Wildman–Crippen LogP) is 3.43. The number of hydrogen-bond acceptors (Lipinski definition) is 4. The van der Waals surface area contributed by atoms with E-state index in [-0.39, 0.29) is 0 Å². The average Bonchev–Trinajstić information content (AvgIpc) is 3.35. The molecule has 0 spiro atoms. The number of anilines is 1. The smallest absolute Gasteiger partial charge is 0.267 e. The largest absolute Gasteiger partial charge is 0.356 e. The second-order valence-corrected chi connectivity index (χ2v) is 6.74. The molecule has 1 aliphatic rings. The summed E-state index contributed by atoms with van der Waals surface area (Å²) in [4.78, 5) is 18.7. The zero-order valence-corrected chi connectivity index (χ0v) is 15.2. The molecule has 138 valence electrons. The van der Waals surface area contributed by atoms with Gasteiger partial charge >= 0.3 is 0 Å². The van der Waals surface area contributed by atoms with Crippen LogP contribution in [0.1, 0.15) is 24.0 Å². The minimum atomic E-state index is -0.555. The standard InChI is InChI=1S/C21H22N4O2/c1-15-16(9-10-18(26)23-27)11-14-25-20(15)22-19(17-7-3-2-4-8-17)21(25)24-12-5-6-13-24/h2-4,7-11,14,27H,5-6,12-13H2,1H3,(H,23,26)/b10-9+. The number of hydrogen-bond donors (Lipinski definition) is 2. The summed E-state index contributed by atoms with van der Waals surface area (Å²) in [5, 5.41) is 8.67. The Kier molecular flexibility index (Phi) is 4.64. The quantitative estimate of drug-likeness (QED) is 0.424. The maximum atomic E-state index is 11.3. The van der Waals surface area contributed by atoms with Crippen LogP contribution in [0, 0.1) is 6.92 Å². The van der Waals surface area contributed by atoms with E-state index in [1.807, 2.05) is 37.4 Å². The molecule has 0 saturated carbocycles. The number of carbonyl (C=O) groups is 1. The molecule has 0 radical (unpaired) electrons. The molecule has 27 heavy (non-hydrogen) atoms. The van der Waals surface area contributed by atoms with Gasteiger partial charge in [0.15, 0.2) is 0 Å². The van der Waals surface area contributed by atoms with Crippen molar-refractivity contribution < 1.29 is 10.0 Å². The van der Waals surface area contributed by atoms with E-state index < -0.39 is 5.91 Å². The normalized spacial score (nSPS) is 14.4. The van der Waals surface area contributed by atoms with Crippen LogP contribution in [0.5, 0.6) is 0 Å². The molecule has 4 rings (SSSR count). The van der Waals surface area contributed by atoms with Crippen LogP contribution in [0.25, 0.3) is 23.0 Å². The van der Waals surface area contributed by atoms with Gasteiger partial charge in [-0.05, 0) is 43.0 Å². The fourth-order valence-corrected chi connectivity index (χ4v) is 3.64. The number of aryl methyl sites for hydroxylation is 1. The summed E-state index contributed by atoms with van der Waals surface area (Å²) in [5.41, 5.74) is 6.45. The van der Waals surface area contributed by atoms with Crippen molar-refractivity contribution >= 4 is 23.4 Å². The van der Waals surface area contributed by atoms with Crippen LogP contribution in [0.4, 0.5) is 5.82 Å². The van der Waals surface area contributed by atoms with Crippen LogP contribution in [-0.4, -0.2) is 33.6 Å². The fourth-order valence-electron chi connectivity index (χ4n) is 3.64. The first kappa shape index (κ1) is 17.3. The Morgan fingerprint density at radius 1 is 1.19 bits per heavy atom. The van der Waals surface area contributed by atoms with Gasteiger partial charge in [0.2, 0.25) is 0 Å². The number of rotatable bonds is 4. The van der Waals surface area contributed by atoms with Crippen molar-refractivity contribution in [3.8, 4) is 11.3 Å². The van der Waals surface area contributed by atoms with Crippen molar-refractivity contribution in [2.75, 3.05) is 18.0 Å². The Bertz CT molecular complexity index is 1000. The SMILES string of the molecule is Cc1c(/C=C/C(=O)NO)ccn2c(N3CCCC3)c(-c3ccccc3)nc12. The van der Waals surface area contributed by atoms with Crippen molar-refractivity contribution in [1.29, 1.82) is 0 Å². The summed E-state index contributed by atoms with van der Waals surface area (Å²) in [5.74, 6) is 0.570. The molecule has 3 aromatic rings. The predicted molar refractivity (Wildman–Crippen MR) is 106 cm³/mol. The van der Waals surface area contributed by atoms with Gasteiger partial charge in [-0.1, -0.05) is 30.3 Å². The number of amides is 1. The Hall–Kier alpha value is -3.12. The van der Waals surface area contributed by atoms with Gasteiger partial charge in [-0.2, -0.15) is 0 Å². The van der Waals surface area contributed by atoms with Crippen LogP contribution in [-0.2, 0) is 4.79 Å².